The van der Waals surface area contributed by atoms with Crippen molar-refractivity contribution in [2.75, 3.05) is 18.1 Å². The maximum Gasteiger partial charge on any atom is 0.313 e. The highest BCUT2D eigenvalue weighted by Crippen LogP contribution is 2.26. The Morgan fingerprint density at radius 1 is 1.38 bits per heavy atom. The van der Waals surface area contributed by atoms with E-state index in [2.05, 4.69) is 5.32 Å². The summed E-state index contributed by atoms with van der Waals surface area (Å²) in [5.41, 5.74) is 0. The molecule has 1 atom stereocenters. The van der Waals surface area contributed by atoms with Gasteiger partial charge in [0.15, 0.2) is 6.10 Å². The smallest absolute Gasteiger partial charge is 0.313 e. The van der Waals surface area contributed by atoms with Gasteiger partial charge in [-0.15, -0.1) is 11.8 Å². The summed E-state index contributed by atoms with van der Waals surface area (Å²) >= 11 is 12.9. The van der Waals surface area contributed by atoms with Crippen molar-refractivity contribution in [3.63, 3.8) is 0 Å². The van der Waals surface area contributed by atoms with Crippen LogP contribution in [0.3, 0.4) is 0 Å². The molecule has 0 fully saturated rings. The largest absolute Gasteiger partial charge is 0.481 e. The van der Waals surface area contributed by atoms with E-state index in [1.807, 2.05) is 0 Å². The van der Waals surface area contributed by atoms with E-state index in [-0.39, 0.29) is 11.7 Å². The fraction of sp³-hybridized carbons (Fsp3) is 0.385. The number of benzene rings is 1. The Labute approximate surface area is 136 Å². The van der Waals surface area contributed by atoms with E-state index in [1.165, 1.54) is 17.8 Å². The van der Waals surface area contributed by atoms with Crippen LogP contribution in [0, 0.1) is 0 Å². The number of carbonyl (C=O) groups excluding carboxylic acids is 1. The summed E-state index contributed by atoms with van der Waals surface area (Å²) in [6.45, 7) is 1.99. The van der Waals surface area contributed by atoms with Crippen LogP contribution in [0.1, 0.15) is 6.92 Å². The van der Waals surface area contributed by atoms with Gasteiger partial charge in [-0.2, -0.15) is 0 Å². The number of hydrogen-bond donors (Lipinski definition) is 2. The number of carboxylic acid groups (broad SMARTS) is 1. The fourth-order valence-corrected chi connectivity index (χ4v) is 2.21. The van der Waals surface area contributed by atoms with Gasteiger partial charge in [0.1, 0.15) is 5.75 Å². The lowest BCUT2D eigenvalue weighted by Crippen LogP contribution is -2.37. The van der Waals surface area contributed by atoms with Gasteiger partial charge in [-0.05, 0) is 19.1 Å². The minimum Gasteiger partial charge on any atom is -0.481 e. The third kappa shape index (κ3) is 6.93. The highest BCUT2D eigenvalue weighted by molar-refractivity contribution is 7.99. The second-order valence-electron chi connectivity index (χ2n) is 4.07. The summed E-state index contributed by atoms with van der Waals surface area (Å²) in [5.74, 6) is -0.158. The molecule has 0 bridgehead atoms. The number of rotatable bonds is 8. The molecule has 21 heavy (non-hydrogen) atoms. The Kier molecular flexibility index (Phi) is 7.71. The van der Waals surface area contributed by atoms with Crippen molar-refractivity contribution in [1.82, 2.24) is 5.32 Å². The van der Waals surface area contributed by atoms with Crippen molar-refractivity contribution in [2.24, 2.45) is 0 Å². The average molecular weight is 352 g/mol. The van der Waals surface area contributed by atoms with Crippen molar-refractivity contribution in [3.05, 3.63) is 28.2 Å². The second-order valence-corrected chi connectivity index (χ2v) is 5.99. The maximum atomic E-state index is 11.8. The van der Waals surface area contributed by atoms with E-state index in [1.54, 1.807) is 19.1 Å². The molecule has 5 nitrogen and oxygen atoms in total. The summed E-state index contributed by atoms with van der Waals surface area (Å²) < 4.78 is 5.45. The van der Waals surface area contributed by atoms with E-state index in [0.717, 1.165) is 0 Å². The molecule has 0 heterocycles. The Balaban J connectivity index is 2.33. The molecule has 1 amide bonds. The number of carbonyl (C=O) groups is 2. The van der Waals surface area contributed by atoms with Gasteiger partial charge in [0, 0.05) is 18.4 Å². The number of aliphatic carboxylic acids is 1. The maximum absolute atomic E-state index is 11.8. The molecule has 116 valence electrons. The number of thioether (sulfide) groups is 1. The molecule has 0 aromatic heterocycles. The first-order valence-corrected chi connectivity index (χ1v) is 8.00. The third-order valence-corrected chi connectivity index (χ3v) is 4.03. The summed E-state index contributed by atoms with van der Waals surface area (Å²) in [6.07, 6.45) is -0.688. The average Bonchev–Trinajstić information content (AvgIpc) is 2.42. The normalized spacial score (nSPS) is 11.8. The number of carboxylic acids is 1. The first kappa shape index (κ1) is 17.9. The molecule has 1 rings (SSSR count). The molecule has 1 unspecified atom stereocenters. The Morgan fingerprint density at radius 3 is 2.71 bits per heavy atom. The van der Waals surface area contributed by atoms with Gasteiger partial charge >= 0.3 is 5.97 Å². The molecule has 1 aromatic rings. The molecule has 2 N–H and O–H groups in total. The van der Waals surface area contributed by atoms with Crippen LogP contribution < -0.4 is 10.1 Å². The molecule has 1 aromatic carbocycles. The summed E-state index contributed by atoms with van der Waals surface area (Å²) in [6, 6.07) is 4.75. The fourth-order valence-electron chi connectivity index (χ4n) is 1.36. The number of nitrogens with one attached hydrogen (secondary N) is 1. The third-order valence-electron chi connectivity index (χ3n) is 2.34. The van der Waals surface area contributed by atoms with Crippen molar-refractivity contribution >= 4 is 46.8 Å². The number of halogens is 2. The topological polar surface area (TPSA) is 75.6 Å². The number of hydrogen-bond acceptors (Lipinski definition) is 4. The van der Waals surface area contributed by atoms with E-state index >= 15 is 0 Å². The molecule has 0 saturated carbocycles. The monoisotopic (exact) mass is 351 g/mol. The SMILES string of the molecule is CC(Oc1ccc(Cl)c(Cl)c1)C(=O)NCCSCC(=O)O. The lowest BCUT2D eigenvalue weighted by molar-refractivity contribution is -0.134. The zero-order valence-corrected chi connectivity index (χ0v) is 13.6. The van der Waals surface area contributed by atoms with Crippen molar-refractivity contribution in [1.29, 1.82) is 0 Å². The van der Waals surface area contributed by atoms with Gasteiger partial charge in [0.2, 0.25) is 0 Å². The van der Waals surface area contributed by atoms with Crippen LogP contribution in [0.25, 0.3) is 0 Å². The lowest BCUT2D eigenvalue weighted by Gasteiger charge is -2.15. The zero-order valence-electron chi connectivity index (χ0n) is 11.3. The van der Waals surface area contributed by atoms with Gasteiger partial charge < -0.3 is 15.2 Å². The van der Waals surface area contributed by atoms with E-state index in [4.69, 9.17) is 33.0 Å². The highest BCUT2D eigenvalue weighted by Gasteiger charge is 2.14. The highest BCUT2D eigenvalue weighted by atomic mass is 35.5. The van der Waals surface area contributed by atoms with Crippen LogP contribution in [0.15, 0.2) is 18.2 Å². The number of amides is 1. The predicted molar refractivity (Wildman–Crippen MR) is 84.5 cm³/mol. The first-order valence-electron chi connectivity index (χ1n) is 6.09. The minimum absolute atomic E-state index is 0.0190. The molecule has 0 aliphatic carbocycles. The van der Waals surface area contributed by atoms with Gasteiger partial charge in [0.25, 0.3) is 5.91 Å². The Morgan fingerprint density at radius 2 is 2.10 bits per heavy atom. The van der Waals surface area contributed by atoms with Crippen LogP contribution in [0.2, 0.25) is 10.0 Å². The van der Waals surface area contributed by atoms with Crippen LogP contribution in [-0.2, 0) is 9.59 Å². The van der Waals surface area contributed by atoms with Gasteiger partial charge in [-0.1, -0.05) is 23.2 Å². The molecular weight excluding hydrogens is 337 g/mol. The molecule has 0 aliphatic heterocycles. The summed E-state index contributed by atoms with van der Waals surface area (Å²) in [4.78, 5) is 22.1. The Bertz CT molecular complexity index is 513. The second kappa shape index (κ2) is 9.02. The van der Waals surface area contributed by atoms with E-state index in [0.29, 0.717) is 28.1 Å². The Hall–Kier alpha value is -1.11. The molecule has 8 heteroatoms. The van der Waals surface area contributed by atoms with Crippen molar-refractivity contribution in [3.8, 4) is 5.75 Å². The minimum atomic E-state index is -0.873. The molecule has 0 aliphatic rings. The van der Waals surface area contributed by atoms with Crippen LogP contribution in [-0.4, -0.2) is 41.1 Å². The number of ether oxygens (including phenoxy) is 1. The first-order chi connectivity index (χ1) is 9.90. The molecule has 0 radical (unpaired) electrons. The molecule has 0 spiro atoms. The van der Waals surface area contributed by atoms with E-state index < -0.39 is 12.1 Å². The van der Waals surface area contributed by atoms with E-state index in [9.17, 15) is 9.59 Å². The summed E-state index contributed by atoms with van der Waals surface area (Å²) in [7, 11) is 0. The predicted octanol–water partition coefficient (Wildman–Crippen LogP) is 2.69. The van der Waals surface area contributed by atoms with Crippen LogP contribution in [0.5, 0.6) is 5.75 Å². The lowest BCUT2D eigenvalue weighted by atomic mass is 10.3. The van der Waals surface area contributed by atoms with Crippen molar-refractivity contribution in [2.45, 2.75) is 13.0 Å². The van der Waals surface area contributed by atoms with Crippen LogP contribution in [0.4, 0.5) is 0 Å². The molecule has 0 saturated heterocycles. The molecular formula is C13H15Cl2NO4S. The van der Waals surface area contributed by atoms with Gasteiger partial charge in [-0.3, -0.25) is 9.59 Å². The van der Waals surface area contributed by atoms with Gasteiger partial charge in [-0.25, -0.2) is 0 Å². The summed E-state index contributed by atoms with van der Waals surface area (Å²) in [5, 5.41) is 11.9. The zero-order chi connectivity index (χ0) is 15.8. The van der Waals surface area contributed by atoms with Crippen molar-refractivity contribution < 1.29 is 19.4 Å². The quantitative estimate of drug-likeness (QED) is 0.704. The standard InChI is InChI=1S/C13H15Cl2NO4S/c1-8(13(19)16-4-5-21-7-12(17)18)20-9-2-3-10(14)11(15)6-9/h2-3,6,8H,4-5,7H2,1H3,(H,16,19)(H,17,18). The van der Waals surface area contributed by atoms with Gasteiger partial charge in [0.05, 0.1) is 15.8 Å². The van der Waals surface area contributed by atoms with Crippen LogP contribution >= 0.6 is 35.0 Å².